The van der Waals surface area contributed by atoms with Gasteiger partial charge in [0.25, 0.3) is 0 Å². The normalized spacial score (nSPS) is 10.3. The highest BCUT2D eigenvalue weighted by molar-refractivity contribution is 8.02. The molecule has 1 rings (SSSR count). The van der Waals surface area contributed by atoms with Crippen molar-refractivity contribution in [1.82, 2.24) is 0 Å². The summed E-state index contributed by atoms with van der Waals surface area (Å²) in [6, 6.07) is 10.3. The molecular formula is C11H12S. The van der Waals surface area contributed by atoms with Gasteiger partial charge in [0.05, 0.1) is 0 Å². The highest BCUT2D eigenvalue weighted by Crippen LogP contribution is 2.07. The van der Waals surface area contributed by atoms with Gasteiger partial charge in [0.2, 0.25) is 0 Å². The molecule has 0 spiro atoms. The molecular weight excluding hydrogens is 164 g/mol. The third kappa shape index (κ3) is 3.44. The lowest BCUT2D eigenvalue weighted by Gasteiger charge is -1.90. The number of hydrogen-bond donors (Lipinski definition) is 0. The van der Waals surface area contributed by atoms with E-state index in [-0.39, 0.29) is 0 Å². The molecule has 62 valence electrons. The van der Waals surface area contributed by atoms with E-state index in [1.807, 2.05) is 24.3 Å². The Morgan fingerprint density at radius 1 is 1.25 bits per heavy atom. The fraction of sp³-hybridized carbons (Fsp3) is 0.0909. The topological polar surface area (TPSA) is 0 Å². The quantitative estimate of drug-likeness (QED) is 0.499. The minimum absolute atomic E-state index is 0.976. The monoisotopic (exact) mass is 176 g/mol. The molecule has 0 aliphatic rings. The third-order valence-corrected chi connectivity index (χ3v) is 2.13. The summed E-state index contributed by atoms with van der Waals surface area (Å²) in [5.74, 6) is 0.976. The van der Waals surface area contributed by atoms with Crippen LogP contribution < -0.4 is 0 Å². The summed E-state index contributed by atoms with van der Waals surface area (Å²) in [5, 5.41) is 2.09. The van der Waals surface area contributed by atoms with Crippen LogP contribution in [0.2, 0.25) is 0 Å². The van der Waals surface area contributed by atoms with E-state index in [2.05, 4.69) is 30.2 Å². The molecule has 1 aromatic rings. The molecule has 0 aromatic heterocycles. The first-order valence-electron chi connectivity index (χ1n) is 3.87. The first-order chi connectivity index (χ1) is 5.93. The Hall–Kier alpha value is -0.950. The van der Waals surface area contributed by atoms with Gasteiger partial charge >= 0.3 is 0 Å². The summed E-state index contributed by atoms with van der Waals surface area (Å²) in [5.41, 5.74) is 1.24. The molecule has 0 saturated heterocycles. The van der Waals surface area contributed by atoms with Crippen LogP contribution in [0.1, 0.15) is 5.56 Å². The van der Waals surface area contributed by atoms with Crippen LogP contribution in [-0.4, -0.2) is 5.75 Å². The van der Waals surface area contributed by atoms with Gasteiger partial charge in [-0.2, -0.15) is 0 Å². The van der Waals surface area contributed by atoms with Crippen LogP contribution in [0, 0.1) is 0 Å². The Morgan fingerprint density at radius 2 is 2.00 bits per heavy atom. The van der Waals surface area contributed by atoms with Crippen molar-refractivity contribution in [3.8, 4) is 0 Å². The van der Waals surface area contributed by atoms with E-state index < -0.39 is 0 Å². The minimum atomic E-state index is 0.976. The van der Waals surface area contributed by atoms with Gasteiger partial charge in [-0.05, 0) is 17.0 Å². The maximum Gasteiger partial charge on any atom is 0.0152 e. The molecule has 1 heteroatoms. The van der Waals surface area contributed by atoms with E-state index in [1.54, 1.807) is 11.8 Å². The van der Waals surface area contributed by atoms with Crippen LogP contribution in [0.25, 0.3) is 6.08 Å². The number of benzene rings is 1. The largest absolute Gasteiger partial charge is 0.130 e. The van der Waals surface area contributed by atoms with Crippen molar-refractivity contribution in [2.45, 2.75) is 0 Å². The van der Waals surface area contributed by atoms with E-state index in [4.69, 9.17) is 0 Å². The first-order valence-corrected chi connectivity index (χ1v) is 4.92. The second-order valence-corrected chi connectivity index (χ2v) is 3.27. The first kappa shape index (κ1) is 9.14. The fourth-order valence-electron chi connectivity index (χ4n) is 0.814. The Morgan fingerprint density at radius 3 is 2.67 bits per heavy atom. The average molecular weight is 176 g/mol. The molecule has 0 unspecified atom stereocenters. The number of thioether (sulfide) groups is 1. The summed E-state index contributed by atoms with van der Waals surface area (Å²) in [4.78, 5) is 0. The molecule has 0 N–H and O–H groups in total. The Balaban J connectivity index is 2.41. The van der Waals surface area contributed by atoms with Crippen molar-refractivity contribution in [3.63, 3.8) is 0 Å². The Labute approximate surface area is 78.0 Å². The van der Waals surface area contributed by atoms with Crippen LogP contribution in [0.3, 0.4) is 0 Å². The summed E-state index contributed by atoms with van der Waals surface area (Å²) in [6.07, 6.45) is 4.01. The molecule has 0 amide bonds. The molecule has 0 radical (unpaired) electrons. The van der Waals surface area contributed by atoms with Gasteiger partial charge in [-0.15, -0.1) is 18.3 Å². The SMILES string of the molecule is C=CCSC=Cc1ccccc1. The van der Waals surface area contributed by atoms with E-state index in [1.165, 1.54) is 5.56 Å². The molecule has 0 fully saturated rings. The van der Waals surface area contributed by atoms with Crippen LogP contribution in [-0.2, 0) is 0 Å². The van der Waals surface area contributed by atoms with Crippen molar-refractivity contribution < 1.29 is 0 Å². The predicted molar refractivity (Wildman–Crippen MR) is 58.1 cm³/mol. The molecule has 0 bridgehead atoms. The van der Waals surface area contributed by atoms with Crippen molar-refractivity contribution in [1.29, 1.82) is 0 Å². The zero-order chi connectivity index (χ0) is 8.65. The summed E-state index contributed by atoms with van der Waals surface area (Å²) < 4.78 is 0. The summed E-state index contributed by atoms with van der Waals surface area (Å²) >= 11 is 1.75. The lowest BCUT2D eigenvalue weighted by molar-refractivity contribution is 1.66. The van der Waals surface area contributed by atoms with Crippen molar-refractivity contribution >= 4 is 17.8 Å². The van der Waals surface area contributed by atoms with E-state index in [0.29, 0.717) is 0 Å². The standard InChI is InChI=1S/C11H12S/c1-2-9-12-10-8-11-6-4-3-5-7-11/h2-8,10H,1,9H2. The van der Waals surface area contributed by atoms with Gasteiger partial charge in [-0.1, -0.05) is 36.4 Å². The lowest BCUT2D eigenvalue weighted by atomic mass is 10.2. The van der Waals surface area contributed by atoms with Gasteiger partial charge in [-0.25, -0.2) is 0 Å². The van der Waals surface area contributed by atoms with Gasteiger partial charge in [0, 0.05) is 5.75 Å². The average Bonchev–Trinajstić information content (AvgIpc) is 2.14. The molecule has 0 atom stereocenters. The van der Waals surface area contributed by atoms with Crippen LogP contribution >= 0.6 is 11.8 Å². The Bertz CT molecular complexity index is 249. The molecule has 0 saturated carbocycles. The zero-order valence-electron chi connectivity index (χ0n) is 6.94. The van der Waals surface area contributed by atoms with E-state index in [0.717, 1.165) is 5.75 Å². The molecule has 0 aliphatic carbocycles. The van der Waals surface area contributed by atoms with Gasteiger partial charge in [-0.3, -0.25) is 0 Å². The highest BCUT2D eigenvalue weighted by Gasteiger charge is 1.81. The zero-order valence-corrected chi connectivity index (χ0v) is 7.76. The molecule has 0 nitrogen and oxygen atoms in total. The van der Waals surface area contributed by atoms with Crippen molar-refractivity contribution in [2.24, 2.45) is 0 Å². The van der Waals surface area contributed by atoms with Gasteiger partial charge in [0.1, 0.15) is 0 Å². The predicted octanol–water partition coefficient (Wildman–Crippen LogP) is 3.58. The van der Waals surface area contributed by atoms with Crippen LogP contribution in [0.15, 0.2) is 48.4 Å². The number of rotatable bonds is 4. The molecule has 1 aromatic carbocycles. The lowest BCUT2D eigenvalue weighted by Crippen LogP contribution is -1.67. The summed E-state index contributed by atoms with van der Waals surface area (Å²) in [7, 11) is 0. The van der Waals surface area contributed by atoms with E-state index >= 15 is 0 Å². The smallest absolute Gasteiger partial charge is 0.0152 e. The fourth-order valence-corrected chi connectivity index (χ4v) is 1.31. The number of hydrogen-bond acceptors (Lipinski definition) is 1. The second kappa shape index (κ2) is 5.67. The van der Waals surface area contributed by atoms with Gasteiger partial charge < -0.3 is 0 Å². The Kier molecular flexibility index (Phi) is 4.32. The summed E-state index contributed by atoms with van der Waals surface area (Å²) in [6.45, 7) is 3.65. The maximum absolute atomic E-state index is 3.65. The second-order valence-electron chi connectivity index (χ2n) is 2.34. The van der Waals surface area contributed by atoms with Crippen molar-refractivity contribution in [2.75, 3.05) is 5.75 Å². The molecule has 0 heterocycles. The molecule has 12 heavy (non-hydrogen) atoms. The minimum Gasteiger partial charge on any atom is -0.130 e. The highest BCUT2D eigenvalue weighted by atomic mass is 32.2. The third-order valence-electron chi connectivity index (χ3n) is 1.37. The van der Waals surface area contributed by atoms with Crippen molar-refractivity contribution in [3.05, 3.63) is 54.0 Å². The molecule has 0 aliphatic heterocycles. The van der Waals surface area contributed by atoms with Crippen LogP contribution in [0.5, 0.6) is 0 Å². The maximum atomic E-state index is 3.65. The van der Waals surface area contributed by atoms with Crippen LogP contribution in [0.4, 0.5) is 0 Å². The van der Waals surface area contributed by atoms with Gasteiger partial charge in [0.15, 0.2) is 0 Å². The van der Waals surface area contributed by atoms with E-state index in [9.17, 15) is 0 Å².